The summed E-state index contributed by atoms with van der Waals surface area (Å²) >= 11 is 0. The molecule has 24 heavy (non-hydrogen) atoms. The summed E-state index contributed by atoms with van der Waals surface area (Å²) in [4.78, 5) is 20.5. The number of aryl methyl sites for hydroxylation is 2. The van der Waals surface area contributed by atoms with E-state index < -0.39 is 0 Å². The third kappa shape index (κ3) is 3.53. The van der Waals surface area contributed by atoms with Gasteiger partial charge in [-0.1, -0.05) is 30.3 Å². The number of rotatable bonds is 6. The van der Waals surface area contributed by atoms with Gasteiger partial charge in [-0.05, 0) is 19.4 Å². The molecule has 124 valence electrons. The predicted octanol–water partition coefficient (Wildman–Crippen LogP) is 2.51. The van der Waals surface area contributed by atoms with Crippen molar-refractivity contribution in [3.63, 3.8) is 0 Å². The second-order valence-electron chi connectivity index (χ2n) is 5.65. The lowest BCUT2D eigenvalue weighted by molar-refractivity contribution is 0.0923. The molecular formula is C18H20N4O2. The third-order valence-electron chi connectivity index (χ3n) is 3.92. The van der Waals surface area contributed by atoms with Gasteiger partial charge in [-0.25, -0.2) is 9.97 Å². The van der Waals surface area contributed by atoms with E-state index in [-0.39, 0.29) is 11.7 Å². The second kappa shape index (κ2) is 7.12. The Labute approximate surface area is 140 Å². The molecule has 0 spiro atoms. The van der Waals surface area contributed by atoms with Crippen molar-refractivity contribution in [3.05, 3.63) is 71.5 Å². The van der Waals surface area contributed by atoms with E-state index in [2.05, 4.69) is 32.0 Å². The Morgan fingerprint density at radius 2 is 2.00 bits per heavy atom. The number of amides is 1. The molecule has 0 aliphatic carbocycles. The van der Waals surface area contributed by atoms with E-state index in [1.165, 1.54) is 12.0 Å². The summed E-state index contributed by atoms with van der Waals surface area (Å²) < 4.78 is 7.22. The monoisotopic (exact) mass is 324 g/mol. The van der Waals surface area contributed by atoms with Crippen LogP contribution in [0.4, 0.5) is 0 Å². The number of imidazole rings is 1. The molecule has 0 aliphatic heterocycles. The second-order valence-corrected chi connectivity index (χ2v) is 5.65. The first kappa shape index (κ1) is 16.0. The van der Waals surface area contributed by atoms with Gasteiger partial charge in [-0.3, -0.25) is 4.79 Å². The average molecular weight is 324 g/mol. The zero-order valence-electron chi connectivity index (χ0n) is 13.8. The quantitative estimate of drug-likeness (QED) is 0.756. The Morgan fingerprint density at radius 3 is 2.71 bits per heavy atom. The highest BCUT2D eigenvalue weighted by Crippen LogP contribution is 2.11. The Morgan fingerprint density at radius 1 is 1.21 bits per heavy atom. The number of hydrogen-bond donors (Lipinski definition) is 1. The first-order valence-electron chi connectivity index (χ1n) is 7.88. The molecule has 0 aliphatic rings. The summed E-state index contributed by atoms with van der Waals surface area (Å²) in [6.45, 7) is 4.92. The lowest BCUT2D eigenvalue weighted by atomic mass is 10.1. The van der Waals surface area contributed by atoms with Gasteiger partial charge in [0.1, 0.15) is 5.82 Å². The summed E-state index contributed by atoms with van der Waals surface area (Å²) in [6.07, 6.45) is 3.91. The highest BCUT2D eigenvalue weighted by atomic mass is 16.3. The maximum absolute atomic E-state index is 12.0. The predicted molar refractivity (Wildman–Crippen MR) is 89.8 cm³/mol. The largest absolute Gasteiger partial charge is 0.438 e. The number of nitrogens with one attached hydrogen (secondary N) is 1. The molecule has 0 unspecified atom stereocenters. The molecule has 3 rings (SSSR count). The zero-order valence-corrected chi connectivity index (χ0v) is 13.8. The molecule has 3 aromatic rings. The smallest absolute Gasteiger partial charge is 0.289 e. The first-order chi connectivity index (χ1) is 11.6. The van der Waals surface area contributed by atoms with Crippen LogP contribution in [0.15, 0.2) is 47.3 Å². The van der Waals surface area contributed by atoms with E-state index in [4.69, 9.17) is 4.42 Å². The number of carbonyl (C=O) groups is 1. The number of aromatic nitrogens is 3. The van der Waals surface area contributed by atoms with Gasteiger partial charge in [0.05, 0.1) is 5.69 Å². The molecule has 0 radical (unpaired) electrons. The summed E-state index contributed by atoms with van der Waals surface area (Å²) in [6, 6.07) is 10.2. The Kier molecular flexibility index (Phi) is 4.74. The highest BCUT2D eigenvalue weighted by molar-refractivity contribution is 5.92. The Balaban J connectivity index is 1.62. The van der Waals surface area contributed by atoms with Crippen LogP contribution in [0.2, 0.25) is 0 Å². The van der Waals surface area contributed by atoms with E-state index in [1.807, 2.05) is 31.3 Å². The van der Waals surface area contributed by atoms with E-state index in [0.717, 1.165) is 17.9 Å². The van der Waals surface area contributed by atoms with Gasteiger partial charge in [0.15, 0.2) is 6.39 Å². The van der Waals surface area contributed by atoms with Crippen LogP contribution in [0.1, 0.15) is 33.3 Å². The zero-order chi connectivity index (χ0) is 16.9. The number of hydrogen-bond acceptors (Lipinski definition) is 4. The maximum atomic E-state index is 12.0. The lowest BCUT2D eigenvalue weighted by Crippen LogP contribution is -2.28. The van der Waals surface area contributed by atoms with Crippen molar-refractivity contribution in [2.24, 2.45) is 0 Å². The minimum Gasteiger partial charge on any atom is -0.438 e. The van der Waals surface area contributed by atoms with Crippen LogP contribution in [0, 0.1) is 13.8 Å². The first-order valence-corrected chi connectivity index (χ1v) is 7.88. The minimum absolute atomic E-state index is 0.243. The summed E-state index contributed by atoms with van der Waals surface area (Å²) in [5.41, 5.74) is 2.88. The molecule has 0 saturated heterocycles. The molecule has 0 fully saturated rings. The molecule has 0 saturated carbocycles. The Hall–Kier alpha value is -2.89. The molecule has 2 heterocycles. The normalized spacial score (nSPS) is 10.8. The van der Waals surface area contributed by atoms with Crippen LogP contribution in [-0.2, 0) is 13.0 Å². The lowest BCUT2D eigenvalue weighted by Gasteiger charge is -2.11. The van der Waals surface area contributed by atoms with Gasteiger partial charge in [-0.15, -0.1) is 0 Å². The Bertz CT molecular complexity index is 821. The molecular weight excluding hydrogens is 304 g/mol. The summed E-state index contributed by atoms with van der Waals surface area (Å²) in [5.74, 6) is 1.01. The van der Waals surface area contributed by atoms with Crippen molar-refractivity contribution in [2.45, 2.75) is 26.8 Å². The van der Waals surface area contributed by atoms with Gasteiger partial charge < -0.3 is 14.3 Å². The third-order valence-corrected chi connectivity index (χ3v) is 3.92. The van der Waals surface area contributed by atoms with Gasteiger partial charge in [0, 0.05) is 31.4 Å². The van der Waals surface area contributed by atoms with Gasteiger partial charge in [-0.2, -0.15) is 0 Å². The minimum atomic E-state index is -0.243. The molecule has 0 bridgehead atoms. The fourth-order valence-corrected chi connectivity index (χ4v) is 2.62. The number of benzene rings is 1. The molecule has 1 aromatic carbocycles. The van der Waals surface area contributed by atoms with Crippen LogP contribution in [0.25, 0.3) is 0 Å². The van der Waals surface area contributed by atoms with E-state index in [9.17, 15) is 4.79 Å². The van der Waals surface area contributed by atoms with Crippen LogP contribution in [-0.4, -0.2) is 27.0 Å². The summed E-state index contributed by atoms with van der Waals surface area (Å²) in [5, 5.41) is 2.86. The number of carbonyl (C=O) groups excluding carboxylic acids is 1. The van der Waals surface area contributed by atoms with Crippen molar-refractivity contribution in [1.82, 2.24) is 19.9 Å². The molecule has 1 N–H and O–H groups in total. The molecule has 1 amide bonds. The summed E-state index contributed by atoms with van der Waals surface area (Å²) in [7, 11) is 0. The van der Waals surface area contributed by atoms with Crippen molar-refractivity contribution in [1.29, 1.82) is 0 Å². The average Bonchev–Trinajstić information content (AvgIpc) is 3.16. The van der Waals surface area contributed by atoms with Crippen LogP contribution in [0.5, 0.6) is 0 Å². The maximum Gasteiger partial charge on any atom is 0.289 e. The van der Waals surface area contributed by atoms with Gasteiger partial charge in [0.2, 0.25) is 5.76 Å². The van der Waals surface area contributed by atoms with E-state index >= 15 is 0 Å². The topological polar surface area (TPSA) is 73.0 Å². The molecule has 6 nitrogen and oxygen atoms in total. The fraction of sp³-hybridized carbons (Fsp3) is 0.278. The van der Waals surface area contributed by atoms with E-state index in [1.54, 1.807) is 6.92 Å². The molecule has 6 heteroatoms. The number of nitrogens with zero attached hydrogens (tertiary/aromatic N) is 3. The van der Waals surface area contributed by atoms with Crippen molar-refractivity contribution < 1.29 is 9.21 Å². The van der Waals surface area contributed by atoms with Crippen LogP contribution >= 0.6 is 0 Å². The van der Waals surface area contributed by atoms with Gasteiger partial charge in [0.25, 0.3) is 5.91 Å². The van der Waals surface area contributed by atoms with Crippen LogP contribution < -0.4 is 5.32 Å². The molecule has 0 atom stereocenters. The SMILES string of the molecule is Cc1ncoc1C(=O)NCCn1c(C)cnc1Cc1ccccc1. The van der Waals surface area contributed by atoms with Crippen LogP contribution in [0.3, 0.4) is 0 Å². The highest BCUT2D eigenvalue weighted by Gasteiger charge is 2.14. The van der Waals surface area contributed by atoms with Crippen molar-refractivity contribution >= 4 is 5.91 Å². The van der Waals surface area contributed by atoms with Crippen molar-refractivity contribution in [3.8, 4) is 0 Å². The molecule has 2 aromatic heterocycles. The fourth-order valence-electron chi connectivity index (χ4n) is 2.62. The van der Waals surface area contributed by atoms with Crippen molar-refractivity contribution in [2.75, 3.05) is 6.54 Å². The number of oxazole rings is 1. The standard InChI is InChI=1S/C18H20N4O2/c1-13-11-20-16(10-15-6-4-3-5-7-15)22(13)9-8-19-18(23)17-14(2)21-12-24-17/h3-7,11-12H,8-10H2,1-2H3,(H,19,23). The van der Waals surface area contributed by atoms with Gasteiger partial charge >= 0.3 is 0 Å². The van der Waals surface area contributed by atoms with E-state index in [0.29, 0.717) is 18.8 Å².